The molecule has 8 aromatic heterocycles. The lowest BCUT2D eigenvalue weighted by molar-refractivity contribution is -0.674. The second-order valence-electron chi connectivity index (χ2n) is 23.4. The smallest absolute Gasteiger partial charge is 0.226 e. The van der Waals surface area contributed by atoms with Crippen molar-refractivity contribution < 1.29 is 36.2 Å². The summed E-state index contributed by atoms with van der Waals surface area (Å²) in [6, 6.07) is 89.5. The van der Waals surface area contributed by atoms with Gasteiger partial charge in [0.1, 0.15) is 17.8 Å². The first-order valence-corrected chi connectivity index (χ1v) is 30.7. The second-order valence-corrected chi connectivity index (χ2v) is 23.4. The molecule has 14 heterocycles. The van der Waals surface area contributed by atoms with E-state index in [0.29, 0.717) is 17.7 Å². The highest BCUT2D eigenvalue weighted by Gasteiger charge is 2.32. The minimum atomic E-state index is -0.514. The van der Waals surface area contributed by atoms with E-state index in [-0.39, 0.29) is 0 Å². The van der Waals surface area contributed by atoms with Gasteiger partial charge in [0, 0.05) is 105 Å². The van der Waals surface area contributed by atoms with E-state index in [2.05, 4.69) is 300 Å². The Morgan fingerprint density at radius 1 is 0.322 bits per heavy atom. The van der Waals surface area contributed by atoms with Gasteiger partial charge in [-0.05, 0) is 95.7 Å². The molecule has 0 aliphatic carbocycles. The minimum absolute atomic E-state index is 0.484. The van der Waals surface area contributed by atoms with Crippen molar-refractivity contribution in [3.8, 4) is 56.7 Å². The van der Waals surface area contributed by atoms with Crippen LogP contribution in [-0.2, 0) is 39.3 Å². The minimum Gasteiger partial charge on any atom is -0.226 e. The highest BCUT2D eigenvalue weighted by atomic mass is 19.1. The molecule has 90 heavy (non-hydrogen) atoms. The molecule has 8 nitrogen and oxygen atoms in total. The Morgan fingerprint density at radius 3 is 1.60 bits per heavy atom. The number of fused-ring (bicyclic) bond motifs is 23. The normalized spacial score (nSPS) is 12.5. The molecule has 430 valence electrons. The number of rotatable bonds is 0. The monoisotopic (exact) mass is 1170 g/mol. The quantitative estimate of drug-likeness (QED) is 0.136. The van der Waals surface area contributed by atoms with Gasteiger partial charge in [0.15, 0.2) is 69.2 Å². The van der Waals surface area contributed by atoms with Crippen LogP contribution in [0.25, 0.3) is 89.1 Å². The van der Waals surface area contributed by atoms with Gasteiger partial charge in [0.25, 0.3) is 11.6 Å². The summed E-state index contributed by atoms with van der Waals surface area (Å²) in [5.41, 5.74) is 18.5. The van der Waals surface area contributed by atoms with Gasteiger partial charge in [0.2, 0.25) is 28.3 Å². The Kier molecular flexibility index (Phi) is 13.8. The van der Waals surface area contributed by atoms with E-state index in [1.54, 1.807) is 0 Å². The van der Waals surface area contributed by atoms with Crippen LogP contribution in [0.1, 0.15) is 33.6 Å². The first-order valence-electron chi connectivity index (χ1n) is 30.7. The fraction of sp³-hybridized carbons (Fsp3) is 0.0750. The van der Waals surface area contributed by atoms with Crippen molar-refractivity contribution in [2.45, 2.75) is 39.3 Å². The highest BCUT2D eigenvalue weighted by Crippen LogP contribution is 2.33. The molecule has 7 aromatic carbocycles. The molecule has 0 amide bonds. The van der Waals surface area contributed by atoms with Crippen molar-refractivity contribution in [3.05, 3.63) is 350 Å². The maximum atomic E-state index is 13.6. The van der Waals surface area contributed by atoms with Crippen LogP contribution in [0.5, 0.6) is 0 Å². The van der Waals surface area contributed by atoms with Crippen LogP contribution in [0, 0.1) is 11.6 Å². The van der Waals surface area contributed by atoms with E-state index in [1.807, 2.05) is 29.0 Å². The zero-order valence-electron chi connectivity index (χ0n) is 49.4. The summed E-state index contributed by atoms with van der Waals surface area (Å²) in [6.07, 6.45) is 14.7. The molecule has 0 saturated carbocycles. The molecule has 6 aliphatic heterocycles. The van der Waals surface area contributed by atoms with Crippen LogP contribution in [-0.4, -0.2) is 9.13 Å². The molecule has 0 spiro atoms. The molecule has 0 bridgehead atoms. The van der Waals surface area contributed by atoms with Crippen molar-refractivity contribution in [3.63, 3.8) is 0 Å². The number of benzene rings is 7. The van der Waals surface area contributed by atoms with Crippen LogP contribution in [0.15, 0.2) is 304 Å². The Morgan fingerprint density at radius 2 is 0.856 bits per heavy atom. The van der Waals surface area contributed by atoms with Crippen molar-refractivity contribution in [1.82, 2.24) is 9.13 Å². The number of hydrogen-bond acceptors (Lipinski definition) is 0. The maximum absolute atomic E-state index is 13.6. The van der Waals surface area contributed by atoms with Crippen molar-refractivity contribution in [2.75, 3.05) is 0 Å². The third kappa shape index (κ3) is 9.98. The predicted molar refractivity (Wildman–Crippen MR) is 347 cm³/mol. The molecule has 10 heteroatoms. The van der Waals surface area contributed by atoms with Gasteiger partial charge >= 0.3 is 0 Å². The summed E-state index contributed by atoms with van der Waals surface area (Å²) < 4.78 is 44.5. The van der Waals surface area contributed by atoms with Gasteiger partial charge in [0.05, 0.1) is 40.8 Å². The summed E-state index contributed by atoms with van der Waals surface area (Å²) in [6.45, 7) is 5.53. The molecule has 15 aromatic rings. The summed E-state index contributed by atoms with van der Waals surface area (Å²) in [4.78, 5) is 0. The summed E-state index contributed by atoms with van der Waals surface area (Å²) in [5.74, 6) is 1.52. The fourth-order valence-electron chi connectivity index (χ4n) is 13.8. The molecule has 6 aliphatic rings. The lowest BCUT2D eigenvalue weighted by Crippen LogP contribution is -2.33. The van der Waals surface area contributed by atoms with Crippen LogP contribution >= 0.6 is 0 Å². The zero-order valence-corrected chi connectivity index (χ0v) is 49.4. The van der Waals surface area contributed by atoms with Crippen molar-refractivity contribution >= 4 is 32.4 Å². The molecule has 0 atom stereocenters. The van der Waals surface area contributed by atoms with Gasteiger partial charge < -0.3 is 0 Å². The van der Waals surface area contributed by atoms with Gasteiger partial charge in [-0.25, -0.2) is 17.9 Å². The summed E-state index contributed by atoms with van der Waals surface area (Å²) in [5, 5.41) is 6.66. The number of aromatic nitrogens is 8. The molecule has 0 saturated heterocycles. The SMILES string of the molecule is Fc1cc(F)c2c(c1)C[n+]1ccccc1-2.c1cc[n+]2c(c1)-c1cc3ccccc3cc1C2.c1cc[n+]2c(c1)-n1cc3ccccc3c1C2.c1cc[n+]2c(c1)-n1cccc1C2.c1ccc2c(c1)C[n+]1c-2ccc2ccccc21.c1ccc2c(c1)C[n+]1ccccc1-2. The third-order valence-corrected chi connectivity index (χ3v) is 18.0. The lowest BCUT2D eigenvalue weighted by Gasteiger charge is -1.99. The topological polar surface area (TPSA) is 33.1 Å². The highest BCUT2D eigenvalue weighted by molar-refractivity contribution is 5.89. The van der Waals surface area contributed by atoms with E-state index in [9.17, 15) is 8.78 Å². The van der Waals surface area contributed by atoms with Gasteiger partial charge in [-0.1, -0.05) is 109 Å². The molecular formula is C80H62F2N8+6. The van der Waals surface area contributed by atoms with Gasteiger partial charge in [-0.2, -0.15) is 27.4 Å². The standard InChI is InChI=1S/2C16H12N.C14H11N2.C12H8F2N.C12H10N.C10H9N2/c1-3-7-14-13(6-1)11-17-15-8-4-2-5-12(15)9-10-16(14)17;1-2-6-13-10-15-14(9-12(13)5-1)11-17-8-4-3-7-16(15)17;1-2-6-12-11(5-1)9-16-13(12)10-15-8-4-3-7-14(15)16;13-9-5-8-7-15-4-2-1-3-11(15)12(8)10(14)6-9;1-2-6-11-10(5-1)9-13-8-4-3-7-12(11)13;1-2-6-11-8-9-4-3-7-12(9)10(11)5-1/h2*1-10H,11H2;1-9H,10H2;1-6H,7H2;1-8H,9H2;1-7H,8H2/q6*+1. The molecule has 0 unspecified atom stereocenters. The Bertz CT molecular complexity index is 5220. The van der Waals surface area contributed by atoms with E-state index in [4.69, 9.17) is 0 Å². The summed E-state index contributed by atoms with van der Waals surface area (Å²) in [7, 11) is 0. The molecule has 21 rings (SSSR count). The lowest BCUT2D eigenvalue weighted by atomic mass is 10.0. The van der Waals surface area contributed by atoms with E-state index in [0.717, 1.165) is 44.5 Å². The van der Waals surface area contributed by atoms with Crippen molar-refractivity contribution in [1.29, 1.82) is 0 Å². The van der Waals surface area contributed by atoms with Gasteiger partial charge in [-0.15, -0.1) is 0 Å². The first kappa shape index (κ1) is 54.1. The largest absolute Gasteiger partial charge is 0.286 e. The molecule has 0 N–H and O–H groups in total. The van der Waals surface area contributed by atoms with E-state index >= 15 is 0 Å². The maximum Gasteiger partial charge on any atom is 0.286 e. The number of nitrogens with zero attached hydrogens (tertiary/aromatic N) is 8. The van der Waals surface area contributed by atoms with E-state index in [1.165, 1.54) is 112 Å². The number of halogens is 2. The molecule has 0 fully saturated rings. The van der Waals surface area contributed by atoms with Gasteiger partial charge in [-0.3, -0.25) is 0 Å². The fourth-order valence-corrected chi connectivity index (χ4v) is 13.8. The third-order valence-electron chi connectivity index (χ3n) is 18.0. The molecular weight excluding hydrogens is 1110 g/mol. The average Bonchev–Trinajstić information content (AvgIpc) is 1.91. The van der Waals surface area contributed by atoms with Crippen molar-refractivity contribution in [2.24, 2.45) is 0 Å². The first-order chi connectivity index (χ1) is 44.4. The number of para-hydroxylation sites is 1. The Balaban J connectivity index is 0.0000000868. The average molecular weight is 1170 g/mol. The Hall–Kier alpha value is -11.4. The van der Waals surface area contributed by atoms with Crippen LogP contribution in [0.2, 0.25) is 0 Å². The zero-order chi connectivity index (χ0) is 60.1. The van der Waals surface area contributed by atoms with Crippen LogP contribution in [0.4, 0.5) is 8.78 Å². The predicted octanol–water partition coefficient (Wildman–Crippen LogP) is 14.0. The summed E-state index contributed by atoms with van der Waals surface area (Å²) >= 11 is 0. The van der Waals surface area contributed by atoms with Crippen LogP contribution < -0.4 is 27.4 Å². The molecule has 0 radical (unpaired) electrons. The van der Waals surface area contributed by atoms with E-state index < -0.39 is 11.6 Å². The number of hydrogen-bond donors (Lipinski definition) is 0. The second kappa shape index (κ2) is 23.1. The number of pyridine rings is 6. The van der Waals surface area contributed by atoms with Crippen LogP contribution in [0.3, 0.4) is 0 Å². The Labute approximate surface area is 520 Å².